The Labute approximate surface area is 162 Å². The summed E-state index contributed by atoms with van der Waals surface area (Å²) < 4.78 is 0. The molecule has 8 nitrogen and oxygen atoms in total. The number of rotatable bonds is 2. The number of amides is 2. The first-order valence-electron chi connectivity index (χ1n) is 9.29. The lowest BCUT2D eigenvalue weighted by Crippen LogP contribution is -2.45. The molecule has 0 radical (unpaired) electrons. The number of nitrogens with two attached hydrogens (primary N) is 1. The lowest BCUT2D eigenvalue weighted by molar-refractivity contribution is -0.146. The third kappa shape index (κ3) is 3.28. The number of aromatic amines is 1. The number of aromatic nitrogens is 3. The number of likely N-dealkylation sites (tertiary alicyclic amines) is 1. The summed E-state index contributed by atoms with van der Waals surface area (Å²) in [5.74, 6) is -0.450. The molecule has 1 fully saturated rings. The first kappa shape index (κ1) is 18.0. The lowest BCUT2D eigenvalue weighted by Gasteiger charge is -2.38. The van der Waals surface area contributed by atoms with E-state index in [2.05, 4.69) is 27.4 Å². The molecule has 0 bridgehead atoms. The summed E-state index contributed by atoms with van der Waals surface area (Å²) in [6, 6.07) is 9.73. The van der Waals surface area contributed by atoms with Crippen LogP contribution in [0.2, 0.25) is 0 Å². The fourth-order valence-corrected chi connectivity index (χ4v) is 3.73. The first-order valence-corrected chi connectivity index (χ1v) is 9.29. The maximum atomic E-state index is 13.0. The number of carbonyl (C=O) groups excluding carboxylic acids is 2. The van der Waals surface area contributed by atoms with Crippen LogP contribution in [0.1, 0.15) is 31.4 Å². The van der Waals surface area contributed by atoms with Gasteiger partial charge in [0, 0.05) is 6.54 Å². The Bertz CT molecular complexity index is 1020. The third-order valence-electron chi connectivity index (χ3n) is 5.27. The lowest BCUT2D eigenvalue weighted by atomic mass is 9.88. The summed E-state index contributed by atoms with van der Waals surface area (Å²) in [4.78, 5) is 31.4. The van der Waals surface area contributed by atoms with Gasteiger partial charge in [0.25, 0.3) is 0 Å². The van der Waals surface area contributed by atoms with Gasteiger partial charge < -0.3 is 16.0 Å². The number of nitrogens with one attached hydrogen (secondary N) is 2. The predicted octanol–water partition coefficient (Wildman–Crippen LogP) is 2.48. The number of H-pyrrole nitrogens is 1. The van der Waals surface area contributed by atoms with Crippen molar-refractivity contribution in [2.24, 2.45) is 5.92 Å². The minimum absolute atomic E-state index is 0.111. The van der Waals surface area contributed by atoms with Crippen LogP contribution in [0.5, 0.6) is 0 Å². The zero-order valence-electron chi connectivity index (χ0n) is 15.6. The van der Waals surface area contributed by atoms with Crippen molar-refractivity contribution >= 4 is 34.2 Å². The van der Waals surface area contributed by atoms with Crippen molar-refractivity contribution in [3.63, 3.8) is 0 Å². The summed E-state index contributed by atoms with van der Waals surface area (Å²) in [6.45, 7) is 2.72. The van der Waals surface area contributed by atoms with E-state index in [0.717, 1.165) is 18.4 Å². The third-order valence-corrected chi connectivity index (χ3v) is 5.27. The van der Waals surface area contributed by atoms with E-state index >= 15 is 0 Å². The zero-order chi connectivity index (χ0) is 19.7. The Morgan fingerprint density at radius 3 is 2.82 bits per heavy atom. The zero-order valence-corrected chi connectivity index (χ0v) is 15.6. The van der Waals surface area contributed by atoms with Gasteiger partial charge in [-0.1, -0.05) is 37.3 Å². The van der Waals surface area contributed by atoms with Gasteiger partial charge in [0.1, 0.15) is 5.82 Å². The van der Waals surface area contributed by atoms with Crippen molar-refractivity contribution in [2.75, 3.05) is 17.6 Å². The molecule has 3 aromatic rings. The number of hydrogen-bond donors (Lipinski definition) is 3. The molecule has 2 atom stereocenters. The summed E-state index contributed by atoms with van der Waals surface area (Å²) >= 11 is 0. The van der Waals surface area contributed by atoms with Gasteiger partial charge in [-0.05, 0) is 24.3 Å². The maximum Gasteiger partial charge on any atom is 0.314 e. The number of nitrogen functional groups attached to an aromatic ring is 1. The van der Waals surface area contributed by atoms with Gasteiger partial charge in [-0.15, -0.1) is 0 Å². The van der Waals surface area contributed by atoms with Crippen LogP contribution in [0, 0.1) is 5.92 Å². The van der Waals surface area contributed by atoms with Crippen LogP contribution in [-0.2, 0) is 9.59 Å². The van der Waals surface area contributed by atoms with Crippen molar-refractivity contribution < 1.29 is 9.59 Å². The molecule has 1 aliphatic rings. The van der Waals surface area contributed by atoms with Gasteiger partial charge >= 0.3 is 11.8 Å². The van der Waals surface area contributed by atoms with Gasteiger partial charge in [-0.2, -0.15) is 5.10 Å². The SMILES string of the molecule is CC1CCN(C(=O)C(=O)Nc2cnc(N)c3cn[nH]c23)C(c2ccccc2)C1. The van der Waals surface area contributed by atoms with Crippen LogP contribution in [-0.4, -0.2) is 38.4 Å². The number of carbonyl (C=O) groups is 2. The van der Waals surface area contributed by atoms with E-state index in [-0.39, 0.29) is 6.04 Å². The van der Waals surface area contributed by atoms with Crippen LogP contribution in [0.4, 0.5) is 11.5 Å². The van der Waals surface area contributed by atoms with Crippen molar-refractivity contribution in [3.05, 3.63) is 48.3 Å². The van der Waals surface area contributed by atoms with Crippen LogP contribution >= 0.6 is 0 Å². The molecule has 1 aromatic carbocycles. The largest absolute Gasteiger partial charge is 0.383 e. The van der Waals surface area contributed by atoms with Crippen LogP contribution in [0.15, 0.2) is 42.7 Å². The Morgan fingerprint density at radius 1 is 1.25 bits per heavy atom. The highest BCUT2D eigenvalue weighted by atomic mass is 16.2. The predicted molar refractivity (Wildman–Crippen MR) is 106 cm³/mol. The second kappa shape index (κ2) is 7.30. The minimum atomic E-state index is -0.696. The number of hydrogen-bond acceptors (Lipinski definition) is 5. The molecule has 0 aliphatic carbocycles. The van der Waals surface area contributed by atoms with Gasteiger partial charge in [0.15, 0.2) is 0 Å². The molecule has 0 saturated carbocycles. The molecule has 1 aliphatic heterocycles. The normalized spacial score (nSPS) is 19.5. The smallest absolute Gasteiger partial charge is 0.314 e. The molecule has 2 aromatic heterocycles. The molecule has 144 valence electrons. The topological polar surface area (TPSA) is 117 Å². The number of piperidine rings is 1. The second-order valence-corrected chi connectivity index (χ2v) is 7.22. The molecule has 4 N–H and O–H groups in total. The highest BCUT2D eigenvalue weighted by Crippen LogP contribution is 2.34. The van der Waals surface area contributed by atoms with Gasteiger partial charge in [-0.25, -0.2) is 4.98 Å². The molecule has 3 heterocycles. The molecule has 28 heavy (non-hydrogen) atoms. The minimum Gasteiger partial charge on any atom is -0.383 e. The van der Waals surface area contributed by atoms with Gasteiger partial charge in [0.2, 0.25) is 0 Å². The van der Waals surface area contributed by atoms with E-state index in [1.165, 1.54) is 12.4 Å². The van der Waals surface area contributed by atoms with Crippen molar-refractivity contribution in [3.8, 4) is 0 Å². The highest BCUT2D eigenvalue weighted by molar-refractivity contribution is 6.40. The molecular weight excluding hydrogens is 356 g/mol. The standard InChI is InChI=1S/C20H22N6O2/c1-12-7-8-26(16(9-12)13-5-3-2-4-6-13)20(28)19(27)24-15-11-22-18(21)14-10-23-25-17(14)15/h2-6,10-12,16H,7-9H2,1H3,(H2,21,22)(H,23,25)(H,24,27). The molecule has 1 saturated heterocycles. The van der Waals surface area contributed by atoms with Crippen LogP contribution in [0.25, 0.3) is 10.9 Å². The average Bonchev–Trinajstić information content (AvgIpc) is 3.21. The van der Waals surface area contributed by atoms with Gasteiger partial charge in [-0.3, -0.25) is 14.7 Å². The van der Waals surface area contributed by atoms with Gasteiger partial charge in [0.05, 0.1) is 35.0 Å². The van der Waals surface area contributed by atoms with Crippen molar-refractivity contribution in [1.29, 1.82) is 0 Å². The second-order valence-electron chi connectivity index (χ2n) is 7.22. The van der Waals surface area contributed by atoms with E-state index in [1.807, 2.05) is 30.3 Å². The van der Waals surface area contributed by atoms with E-state index in [9.17, 15) is 9.59 Å². The van der Waals surface area contributed by atoms with Crippen molar-refractivity contribution in [1.82, 2.24) is 20.1 Å². The molecule has 2 unspecified atom stereocenters. The van der Waals surface area contributed by atoms with E-state index in [0.29, 0.717) is 34.9 Å². The van der Waals surface area contributed by atoms with E-state index in [1.54, 1.807) is 4.90 Å². The van der Waals surface area contributed by atoms with Crippen LogP contribution in [0.3, 0.4) is 0 Å². The Morgan fingerprint density at radius 2 is 2.04 bits per heavy atom. The Kier molecular flexibility index (Phi) is 4.68. The summed E-state index contributed by atoms with van der Waals surface area (Å²) in [7, 11) is 0. The first-order chi connectivity index (χ1) is 13.5. The van der Waals surface area contributed by atoms with Crippen LogP contribution < -0.4 is 11.1 Å². The maximum absolute atomic E-state index is 13.0. The summed E-state index contributed by atoms with van der Waals surface area (Å²) in [5.41, 5.74) is 7.77. The molecular formula is C20H22N6O2. The summed E-state index contributed by atoms with van der Waals surface area (Å²) in [6.07, 6.45) is 4.66. The molecule has 0 spiro atoms. The number of nitrogens with zero attached hydrogens (tertiary/aromatic N) is 3. The molecule has 8 heteroatoms. The van der Waals surface area contributed by atoms with E-state index < -0.39 is 11.8 Å². The Balaban J connectivity index is 1.57. The average molecular weight is 378 g/mol. The van der Waals surface area contributed by atoms with Crippen molar-refractivity contribution in [2.45, 2.75) is 25.8 Å². The molecule has 2 amide bonds. The monoisotopic (exact) mass is 378 g/mol. The number of benzene rings is 1. The molecule has 4 rings (SSSR count). The van der Waals surface area contributed by atoms with E-state index in [4.69, 9.17) is 5.73 Å². The number of anilines is 2. The number of pyridine rings is 1. The number of fused-ring (bicyclic) bond motifs is 1. The quantitative estimate of drug-likeness (QED) is 0.592. The fraction of sp³-hybridized carbons (Fsp3) is 0.300. The highest BCUT2D eigenvalue weighted by Gasteiger charge is 2.34. The summed E-state index contributed by atoms with van der Waals surface area (Å²) in [5, 5.41) is 9.97. The fourth-order valence-electron chi connectivity index (χ4n) is 3.73. The Hall–Kier alpha value is -3.42.